The smallest absolute Gasteiger partial charge is 0.172 e. The van der Waals surface area contributed by atoms with Crippen molar-refractivity contribution in [3.8, 4) is 16.9 Å². The van der Waals surface area contributed by atoms with Crippen LogP contribution in [-0.2, 0) is 7.05 Å². The Hall–Kier alpha value is -1.84. The number of aryl methyl sites for hydroxylation is 1. The van der Waals surface area contributed by atoms with E-state index >= 15 is 0 Å². The van der Waals surface area contributed by atoms with Crippen LogP contribution in [0.2, 0.25) is 0 Å². The van der Waals surface area contributed by atoms with Crippen LogP contribution in [0.25, 0.3) is 11.1 Å². The molecule has 0 aliphatic rings. The summed E-state index contributed by atoms with van der Waals surface area (Å²) in [6.07, 6.45) is 3.25. The fourth-order valence-corrected chi connectivity index (χ4v) is 1.30. The first-order valence-electron chi connectivity index (χ1n) is 4.15. The zero-order chi connectivity index (χ0) is 10.1. The van der Waals surface area contributed by atoms with Crippen molar-refractivity contribution >= 4 is 0 Å². The van der Waals surface area contributed by atoms with Crippen molar-refractivity contribution < 1.29 is 9.50 Å². The summed E-state index contributed by atoms with van der Waals surface area (Å²) in [5.74, 6) is -0.952. The number of hydrogen-bond donors (Lipinski definition) is 1. The molecule has 0 amide bonds. The minimum absolute atomic E-state index is 0.341. The van der Waals surface area contributed by atoms with E-state index in [1.165, 1.54) is 6.07 Å². The first-order chi connectivity index (χ1) is 6.68. The van der Waals surface area contributed by atoms with Gasteiger partial charge in [-0.2, -0.15) is 5.10 Å². The summed E-state index contributed by atoms with van der Waals surface area (Å²) in [4.78, 5) is 0. The quantitative estimate of drug-likeness (QED) is 0.749. The summed E-state index contributed by atoms with van der Waals surface area (Å²) in [5, 5.41) is 13.1. The van der Waals surface area contributed by atoms with Crippen molar-refractivity contribution in [2.75, 3.05) is 0 Å². The lowest BCUT2D eigenvalue weighted by atomic mass is 10.1. The van der Waals surface area contributed by atoms with Gasteiger partial charge in [-0.15, -0.1) is 0 Å². The molecule has 14 heavy (non-hydrogen) atoms. The summed E-state index contributed by atoms with van der Waals surface area (Å²) in [6, 6.07) is 4.52. The van der Waals surface area contributed by atoms with Crippen LogP contribution in [0.15, 0.2) is 30.6 Å². The topological polar surface area (TPSA) is 38.0 Å². The van der Waals surface area contributed by atoms with E-state index in [2.05, 4.69) is 5.10 Å². The van der Waals surface area contributed by atoms with Gasteiger partial charge in [0.2, 0.25) is 0 Å². The monoisotopic (exact) mass is 192 g/mol. The second-order valence-corrected chi connectivity index (χ2v) is 3.04. The van der Waals surface area contributed by atoms with E-state index in [1.54, 1.807) is 36.3 Å². The van der Waals surface area contributed by atoms with Gasteiger partial charge < -0.3 is 5.11 Å². The summed E-state index contributed by atoms with van der Waals surface area (Å²) in [7, 11) is 1.75. The molecule has 72 valence electrons. The molecule has 1 aromatic carbocycles. The Bertz CT molecular complexity index is 465. The van der Waals surface area contributed by atoms with Crippen molar-refractivity contribution in [3.63, 3.8) is 0 Å². The van der Waals surface area contributed by atoms with Crippen LogP contribution >= 0.6 is 0 Å². The number of halogens is 1. The predicted octanol–water partition coefficient (Wildman–Crippen LogP) is 1.93. The maximum atomic E-state index is 13.4. The lowest BCUT2D eigenvalue weighted by Crippen LogP contribution is -1.85. The van der Waals surface area contributed by atoms with E-state index in [1.807, 2.05) is 0 Å². The average molecular weight is 192 g/mol. The molecule has 1 N–H and O–H groups in total. The zero-order valence-electron chi connectivity index (χ0n) is 7.61. The highest BCUT2D eigenvalue weighted by atomic mass is 19.1. The number of nitrogens with zero attached hydrogens (tertiary/aromatic N) is 2. The molecular formula is C10H9FN2O. The Morgan fingerprint density at radius 1 is 1.43 bits per heavy atom. The minimum atomic E-state index is -0.611. The maximum Gasteiger partial charge on any atom is 0.172 e. The van der Waals surface area contributed by atoms with E-state index in [0.29, 0.717) is 11.1 Å². The Balaban J connectivity index is 2.57. The third-order valence-corrected chi connectivity index (χ3v) is 1.99. The fraction of sp³-hybridized carbons (Fsp3) is 0.100. The van der Waals surface area contributed by atoms with Gasteiger partial charge in [-0.1, -0.05) is 12.1 Å². The van der Waals surface area contributed by atoms with Gasteiger partial charge in [0.25, 0.3) is 0 Å². The van der Waals surface area contributed by atoms with Crippen molar-refractivity contribution in [3.05, 3.63) is 36.4 Å². The largest absolute Gasteiger partial charge is 0.505 e. The lowest BCUT2D eigenvalue weighted by Gasteiger charge is -2.00. The van der Waals surface area contributed by atoms with Crippen LogP contribution in [0.1, 0.15) is 0 Å². The predicted molar refractivity (Wildman–Crippen MR) is 50.3 cm³/mol. The number of benzene rings is 1. The first kappa shape index (κ1) is 8.74. The third kappa shape index (κ3) is 1.35. The number of aromatic nitrogens is 2. The van der Waals surface area contributed by atoms with Crippen LogP contribution in [0.4, 0.5) is 4.39 Å². The van der Waals surface area contributed by atoms with Crippen LogP contribution in [0.3, 0.4) is 0 Å². The summed E-state index contributed by atoms with van der Waals surface area (Å²) in [5.41, 5.74) is 1.01. The molecule has 0 aliphatic carbocycles. The van der Waals surface area contributed by atoms with Gasteiger partial charge in [-0.3, -0.25) is 4.68 Å². The van der Waals surface area contributed by atoms with E-state index in [9.17, 15) is 4.39 Å². The first-order valence-corrected chi connectivity index (χ1v) is 4.15. The highest BCUT2D eigenvalue weighted by molar-refractivity contribution is 5.64. The molecule has 0 atom stereocenters. The number of hydrogen-bond acceptors (Lipinski definition) is 2. The van der Waals surface area contributed by atoms with Crippen LogP contribution in [0, 0.1) is 5.82 Å². The third-order valence-electron chi connectivity index (χ3n) is 1.99. The number of phenols is 1. The van der Waals surface area contributed by atoms with Gasteiger partial charge in [0.05, 0.1) is 6.20 Å². The second kappa shape index (κ2) is 3.14. The Labute approximate surface area is 80.4 Å². The molecule has 1 aromatic heterocycles. The van der Waals surface area contributed by atoms with Crippen molar-refractivity contribution in [2.24, 2.45) is 7.05 Å². The molecular weight excluding hydrogens is 183 g/mol. The van der Waals surface area contributed by atoms with Gasteiger partial charge in [0.15, 0.2) is 11.6 Å². The number of phenolic OH excluding ortho intramolecular Hbond substituents is 1. The molecule has 0 bridgehead atoms. The van der Waals surface area contributed by atoms with Crippen molar-refractivity contribution in [1.29, 1.82) is 0 Å². The number of aromatic hydroxyl groups is 1. The van der Waals surface area contributed by atoms with E-state index in [4.69, 9.17) is 5.11 Å². The van der Waals surface area contributed by atoms with Crippen molar-refractivity contribution in [2.45, 2.75) is 0 Å². The van der Waals surface area contributed by atoms with Gasteiger partial charge in [0, 0.05) is 24.4 Å². The maximum absolute atomic E-state index is 13.4. The molecule has 1 heterocycles. The highest BCUT2D eigenvalue weighted by Crippen LogP contribution is 2.27. The number of rotatable bonds is 1. The second-order valence-electron chi connectivity index (χ2n) is 3.04. The average Bonchev–Trinajstić information content (AvgIpc) is 2.57. The summed E-state index contributed by atoms with van der Waals surface area (Å²) >= 11 is 0. The molecule has 2 aromatic rings. The molecule has 0 spiro atoms. The van der Waals surface area contributed by atoms with Crippen LogP contribution < -0.4 is 0 Å². The normalized spacial score (nSPS) is 10.4. The van der Waals surface area contributed by atoms with Gasteiger partial charge in [-0.25, -0.2) is 4.39 Å². The standard InChI is InChI=1S/C10H9FN2O/c1-13-6-7(5-12-13)8-3-2-4-9(14)10(8)11/h2-6,14H,1H3. The molecule has 2 rings (SSSR count). The summed E-state index contributed by atoms with van der Waals surface area (Å²) < 4.78 is 15.0. The van der Waals surface area contributed by atoms with Crippen LogP contribution in [-0.4, -0.2) is 14.9 Å². The van der Waals surface area contributed by atoms with E-state index in [-0.39, 0.29) is 5.75 Å². The molecule has 0 fully saturated rings. The van der Waals surface area contributed by atoms with Gasteiger partial charge in [0.1, 0.15) is 0 Å². The summed E-state index contributed by atoms with van der Waals surface area (Å²) in [6.45, 7) is 0. The molecule has 4 heteroatoms. The molecule has 3 nitrogen and oxygen atoms in total. The van der Waals surface area contributed by atoms with E-state index < -0.39 is 5.82 Å². The van der Waals surface area contributed by atoms with Crippen molar-refractivity contribution in [1.82, 2.24) is 9.78 Å². The van der Waals surface area contributed by atoms with Crippen LogP contribution in [0.5, 0.6) is 5.75 Å². The molecule has 0 radical (unpaired) electrons. The SMILES string of the molecule is Cn1cc(-c2cccc(O)c2F)cn1. The fourth-order valence-electron chi connectivity index (χ4n) is 1.30. The Kier molecular flexibility index (Phi) is 1.96. The Morgan fingerprint density at radius 2 is 2.21 bits per heavy atom. The molecule has 0 saturated carbocycles. The van der Waals surface area contributed by atoms with Gasteiger partial charge in [-0.05, 0) is 6.07 Å². The van der Waals surface area contributed by atoms with E-state index in [0.717, 1.165) is 0 Å². The van der Waals surface area contributed by atoms with Gasteiger partial charge >= 0.3 is 0 Å². The molecule has 0 aliphatic heterocycles. The highest BCUT2D eigenvalue weighted by Gasteiger charge is 2.09. The molecule has 0 unspecified atom stereocenters. The molecule has 0 saturated heterocycles. The Morgan fingerprint density at radius 3 is 2.86 bits per heavy atom. The minimum Gasteiger partial charge on any atom is -0.505 e. The lowest BCUT2D eigenvalue weighted by molar-refractivity contribution is 0.433. The zero-order valence-corrected chi connectivity index (χ0v) is 7.61.